The van der Waals surface area contributed by atoms with E-state index in [0.717, 1.165) is 6.54 Å². The van der Waals surface area contributed by atoms with E-state index in [-0.39, 0.29) is 0 Å². The molecule has 0 aromatic rings. The molecule has 0 aromatic heterocycles. The summed E-state index contributed by atoms with van der Waals surface area (Å²) in [6.07, 6.45) is 5.86. The maximum Gasteiger partial charge on any atom is 0.156 e. The van der Waals surface area contributed by atoms with Gasteiger partial charge in [0.05, 0.1) is 6.54 Å². The first kappa shape index (κ1) is 16.2. The van der Waals surface area contributed by atoms with Crippen LogP contribution in [0.2, 0.25) is 0 Å². The monoisotopic (exact) mass is 288 g/mol. The molecule has 4 heteroatoms. The third-order valence-electron chi connectivity index (χ3n) is 4.01. The fourth-order valence-corrected chi connectivity index (χ4v) is 3.92. The molecule has 1 unspecified atom stereocenters. The standard InChI is InChI=1S/C14H28N2S2/c1-6-14(7-2,17-5)10-15-13-16-12(11(3)4)8-9-18-13/h11-12H,6-10H2,1-5H3,(H,15,16). The van der Waals surface area contributed by atoms with Crippen molar-refractivity contribution in [3.05, 3.63) is 0 Å². The van der Waals surface area contributed by atoms with Crippen molar-refractivity contribution in [2.45, 2.75) is 57.7 Å². The van der Waals surface area contributed by atoms with E-state index in [9.17, 15) is 0 Å². The van der Waals surface area contributed by atoms with Gasteiger partial charge in [0.15, 0.2) is 5.17 Å². The Morgan fingerprint density at radius 2 is 2.11 bits per heavy atom. The molecule has 1 saturated heterocycles. The van der Waals surface area contributed by atoms with Crippen LogP contribution in [0.5, 0.6) is 0 Å². The molecule has 0 aromatic carbocycles. The van der Waals surface area contributed by atoms with Crippen molar-refractivity contribution in [1.29, 1.82) is 0 Å². The van der Waals surface area contributed by atoms with Crippen molar-refractivity contribution in [1.82, 2.24) is 5.32 Å². The summed E-state index contributed by atoms with van der Waals surface area (Å²) < 4.78 is 0.333. The van der Waals surface area contributed by atoms with Crippen LogP contribution >= 0.6 is 23.5 Å². The number of amidine groups is 1. The second-order valence-electron chi connectivity index (χ2n) is 5.35. The molecule has 1 rings (SSSR count). The first-order valence-electron chi connectivity index (χ1n) is 7.05. The van der Waals surface area contributed by atoms with Gasteiger partial charge >= 0.3 is 0 Å². The van der Waals surface area contributed by atoms with Crippen LogP contribution in [0, 0.1) is 5.92 Å². The number of nitrogens with zero attached hydrogens (tertiary/aromatic N) is 1. The fraction of sp³-hybridized carbons (Fsp3) is 0.929. The first-order valence-corrected chi connectivity index (χ1v) is 9.27. The average Bonchev–Trinajstić information content (AvgIpc) is 2.41. The number of hydrogen-bond donors (Lipinski definition) is 1. The van der Waals surface area contributed by atoms with Crippen molar-refractivity contribution in [3.63, 3.8) is 0 Å². The molecular weight excluding hydrogens is 260 g/mol. The van der Waals surface area contributed by atoms with E-state index < -0.39 is 0 Å². The van der Waals surface area contributed by atoms with E-state index in [0.29, 0.717) is 16.7 Å². The Morgan fingerprint density at radius 3 is 2.61 bits per heavy atom. The Labute approximate surface area is 121 Å². The highest BCUT2D eigenvalue weighted by molar-refractivity contribution is 8.13. The second-order valence-corrected chi connectivity index (χ2v) is 7.71. The Bertz CT molecular complexity index is 265. The van der Waals surface area contributed by atoms with Crippen LogP contribution in [0.25, 0.3) is 0 Å². The number of aliphatic imine (C=N–C) groups is 1. The molecule has 0 aliphatic carbocycles. The molecule has 0 saturated carbocycles. The van der Waals surface area contributed by atoms with Crippen molar-refractivity contribution >= 4 is 28.7 Å². The molecule has 1 aliphatic rings. The molecule has 2 nitrogen and oxygen atoms in total. The molecule has 0 spiro atoms. The highest BCUT2D eigenvalue weighted by Gasteiger charge is 2.26. The lowest BCUT2D eigenvalue weighted by Crippen LogP contribution is -2.42. The number of hydrogen-bond acceptors (Lipinski definition) is 3. The van der Waals surface area contributed by atoms with Crippen molar-refractivity contribution in [2.75, 3.05) is 18.6 Å². The van der Waals surface area contributed by atoms with Gasteiger partial charge in [0.25, 0.3) is 0 Å². The smallest absolute Gasteiger partial charge is 0.156 e. The minimum atomic E-state index is 0.333. The molecule has 0 radical (unpaired) electrons. The summed E-state index contributed by atoms with van der Waals surface area (Å²) in [6, 6.07) is 0.608. The van der Waals surface area contributed by atoms with Gasteiger partial charge in [-0.1, -0.05) is 39.5 Å². The zero-order valence-electron chi connectivity index (χ0n) is 12.5. The largest absolute Gasteiger partial charge is 0.362 e. The van der Waals surface area contributed by atoms with E-state index in [4.69, 9.17) is 4.99 Å². The summed E-state index contributed by atoms with van der Waals surface area (Å²) in [5.74, 6) is 1.90. The lowest BCUT2D eigenvalue weighted by molar-refractivity contribution is 0.441. The topological polar surface area (TPSA) is 24.4 Å². The molecule has 18 heavy (non-hydrogen) atoms. The minimum absolute atomic E-state index is 0.333. The van der Waals surface area contributed by atoms with E-state index in [1.807, 2.05) is 23.5 Å². The summed E-state index contributed by atoms with van der Waals surface area (Å²) in [7, 11) is 0. The van der Waals surface area contributed by atoms with E-state index in [1.165, 1.54) is 30.2 Å². The van der Waals surface area contributed by atoms with Crippen LogP contribution in [0.3, 0.4) is 0 Å². The molecular formula is C14H28N2S2. The van der Waals surface area contributed by atoms with Gasteiger partial charge < -0.3 is 5.32 Å². The Balaban J connectivity index is 2.60. The van der Waals surface area contributed by atoms with Gasteiger partial charge in [0.2, 0.25) is 0 Å². The summed E-state index contributed by atoms with van der Waals surface area (Å²) in [5.41, 5.74) is 0. The van der Waals surface area contributed by atoms with Gasteiger partial charge in [-0.05, 0) is 31.4 Å². The number of rotatable bonds is 6. The SMILES string of the molecule is CCC(CC)(CN=C1NC(C(C)C)CCS1)SC. The Morgan fingerprint density at radius 1 is 1.44 bits per heavy atom. The van der Waals surface area contributed by atoms with Gasteiger partial charge in [-0.2, -0.15) is 11.8 Å². The molecule has 1 aliphatic heterocycles. The molecule has 1 heterocycles. The van der Waals surface area contributed by atoms with E-state index in [1.54, 1.807) is 0 Å². The first-order chi connectivity index (χ1) is 8.56. The summed E-state index contributed by atoms with van der Waals surface area (Å²) in [5, 5.41) is 4.77. The summed E-state index contributed by atoms with van der Waals surface area (Å²) in [6.45, 7) is 10.1. The van der Waals surface area contributed by atoms with Crippen LogP contribution in [-0.2, 0) is 0 Å². The van der Waals surface area contributed by atoms with Crippen molar-refractivity contribution in [2.24, 2.45) is 10.9 Å². The molecule has 1 atom stereocenters. The van der Waals surface area contributed by atoms with Crippen LogP contribution < -0.4 is 5.32 Å². The van der Waals surface area contributed by atoms with Gasteiger partial charge in [-0.15, -0.1) is 0 Å². The van der Waals surface area contributed by atoms with Crippen LogP contribution in [-0.4, -0.2) is 34.5 Å². The van der Waals surface area contributed by atoms with Gasteiger partial charge in [0, 0.05) is 16.5 Å². The summed E-state index contributed by atoms with van der Waals surface area (Å²) in [4.78, 5) is 4.85. The van der Waals surface area contributed by atoms with E-state index >= 15 is 0 Å². The number of thioether (sulfide) groups is 2. The quantitative estimate of drug-likeness (QED) is 0.799. The minimum Gasteiger partial charge on any atom is -0.362 e. The molecule has 0 amide bonds. The molecule has 1 N–H and O–H groups in total. The van der Waals surface area contributed by atoms with Crippen molar-refractivity contribution < 1.29 is 0 Å². The number of nitrogens with one attached hydrogen (secondary N) is 1. The van der Waals surface area contributed by atoms with Crippen LogP contribution in [0.4, 0.5) is 0 Å². The highest BCUT2D eigenvalue weighted by atomic mass is 32.2. The molecule has 106 valence electrons. The molecule has 1 fully saturated rings. The van der Waals surface area contributed by atoms with E-state index in [2.05, 4.69) is 39.3 Å². The highest BCUT2D eigenvalue weighted by Crippen LogP contribution is 2.31. The van der Waals surface area contributed by atoms with Crippen LogP contribution in [0.15, 0.2) is 4.99 Å². The third-order valence-corrected chi connectivity index (χ3v) is 6.55. The van der Waals surface area contributed by atoms with Gasteiger partial charge in [-0.25, -0.2) is 0 Å². The Hall–Kier alpha value is 0.170. The third kappa shape index (κ3) is 4.37. The molecule has 0 bridgehead atoms. The zero-order chi connectivity index (χ0) is 13.6. The normalized spacial score (nSPS) is 23.4. The fourth-order valence-electron chi connectivity index (χ4n) is 2.19. The Kier molecular flexibility index (Phi) is 6.93. The van der Waals surface area contributed by atoms with Crippen molar-refractivity contribution in [3.8, 4) is 0 Å². The lowest BCUT2D eigenvalue weighted by atomic mass is 10.0. The average molecular weight is 289 g/mol. The van der Waals surface area contributed by atoms with Crippen LogP contribution in [0.1, 0.15) is 47.0 Å². The zero-order valence-corrected chi connectivity index (χ0v) is 14.1. The maximum absolute atomic E-state index is 4.85. The summed E-state index contributed by atoms with van der Waals surface area (Å²) >= 11 is 3.86. The predicted molar refractivity (Wildman–Crippen MR) is 88.0 cm³/mol. The second kappa shape index (κ2) is 7.68. The predicted octanol–water partition coefficient (Wildman–Crippen LogP) is 4.02. The maximum atomic E-state index is 4.85. The van der Waals surface area contributed by atoms with Gasteiger partial charge in [0.1, 0.15) is 0 Å². The lowest BCUT2D eigenvalue weighted by Gasteiger charge is -2.31. The van der Waals surface area contributed by atoms with Gasteiger partial charge in [-0.3, -0.25) is 4.99 Å².